The van der Waals surface area contributed by atoms with Crippen molar-refractivity contribution in [3.63, 3.8) is 0 Å². The van der Waals surface area contributed by atoms with Gasteiger partial charge >= 0.3 is 5.97 Å². The SMILES string of the molecule is CO/C=C(/C(=O)OC)c1c(Oc2cccc(-c3cccc(C#N)c3)c2)nc(C)nc1SC. The normalized spacial score (nSPS) is 10.9. The number of esters is 1. The number of nitriles is 1. The first-order chi connectivity index (χ1) is 15.5. The van der Waals surface area contributed by atoms with E-state index in [1.165, 1.54) is 32.2 Å². The summed E-state index contributed by atoms with van der Waals surface area (Å²) < 4.78 is 16.2. The number of nitrogens with zero attached hydrogens (tertiary/aromatic N) is 3. The van der Waals surface area contributed by atoms with Gasteiger partial charge < -0.3 is 14.2 Å². The summed E-state index contributed by atoms with van der Waals surface area (Å²) in [5.74, 6) is 0.616. The van der Waals surface area contributed by atoms with Crippen LogP contribution in [0.25, 0.3) is 16.7 Å². The summed E-state index contributed by atoms with van der Waals surface area (Å²) >= 11 is 1.35. The number of hydrogen-bond donors (Lipinski definition) is 0. The monoisotopic (exact) mass is 447 g/mol. The lowest BCUT2D eigenvalue weighted by Crippen LogP contribution is -2.10. The van der Waals surface area contributed by atoms with Gasteiger partial charge in [-0.05, 0) is 48.6 Å². The predicted octanol–water partition coefficient (Wildman–Crippen LogP) is 5.00. The lowest BCUT2D eigenvalue weighted by Gasteiger charge is -2.15. The Morgan fingerprint density at radius 2 is 1.81 bits per heavy atom. The van der Waals surface area contributed by atoms with Gasteiger partial charge in [0, 0.05) is 0 Å². The number of aromatic nitrogens is 2. The lowest BCUT2D eigenvalue weighted by atomic mass is 10.0. The Kier molecular flexibility index (Phi) is 7.47. The highest BCUT2D eigenvalue weighted by Gasteiger charge is 2.25. The molecule has 7 nitrogen and oxygen atoms in total. The van der Waals surface area contributed by atoms with Gasteiger partial charge in [0.25, 0.3) is 0 Å². The van der Waals surface area contributed by atoms with Crippen LogP contribution in [0.2, 0.25) is 0 Å². The van der Waals surface area contributed by atoms with E-state index in [0.29, 0.717) is 27.7 Å². The number of aryl methyl sites for hydroxylation is 1. The zero-order chi connectivity index (χ0) is 23.1. The molecule has 0 bridgehead atoms. The minimum atomic E-state index is -0.596. The molecule has 0 amide bonds. The van der Waals surface area contributed by atoms with Crippen LogP contribution in [0.5, 0.6) is 11.6 Å². The van der Waals surface area contributed by atoms with E-state index < -0.39 is 5.97 Å². The largest absolute Gasteiger partial charge is 0.503 e. The Labute approximate surface area is 190 Å². The van der Waals surface area contributed by atoms with Crippen molar-refractivity contribution in [1.82, 2.24) is 9.97 Å². The maximum Gasteiger partial charge on any atom is 0.341 e. The van der Waals surface area contributed by atoms with E-state index in [2.05, 4.69) is 16.0 Å². The second-order valence-electron chi connectivity index (χ2n) is 6.54. The van der Waals surface area contributed by atoms with E-state index in [1.54, 1.807) is 19.1 Å². The highest BCUT2D eigenvalue weighted by molar-refractivity contribution is 7.98. The van der Waals surface area contributed by atoms with Crippen LogP contribution in [0.3, 0.4) is 0 Å². The van der Waals surface area contributed by atoms with Gasteiger partial charge in [0.1, 0.15) is 22.2 Å². The molecule has 0 aliphatic heterocycles. The van der Waals surface area contributed by atoms with Gasteiger partial charge in [-0.3, -0.25) is 0 Å². The predicted molar refractivity (Wildman–Crippen MR) is 122 cm³/mol. The smallest absolute Gasteiger partial charge is 0.341 e. The van der Waals surface area contributed by atoms with Crippen molar-refractivity contribution < 1.29 is 19.0 Å². The van der Waals surface area contributed by atoms with E-state index in [1.807, 2.05) is 42.7 Å². The van der Waals surface area contributed by atoms with Crippen LogP contribution >= 0.6 is 11.8 Å². The van der Waals surface area contributed by atoms with E-state index in [9.17, 15) is 10.1 Å². The van der Waals surface area contributed by atoms with Crippen molar-refractivity contribution in [1.29, 1.82) is 5.26 Å². The van der Waals surface area contributed by atoms with E-state index >= 15 is 0 Å². The lowest BCUT2D eigenvalue weighted by molar-refractivity contribution is -0.133. The van der Waals surface area contributed by atoms with E-state index in [-0.39, 0.29) is 11.5 Å². The molecule has 0 radical (unpaired) electrons. The molecular formula is C24H21N3O4S. The fourth-order valence-electron chi connectivity index (χ4n) is 3.03. The van der Waals surface area contributed by atoms with Crippen LogP contribution < -0.4 is 4.74 Å². The van der Waals surface area contributed by atoms with Crippen molar-refractivity contribution in [2.75, 3.05) is 20.5 Å². The molecule has 0 aliphatic rings. The zero-order valence-electron chi connectivity index (χ0n) is 18.1. The number of thioether (sulfide) groups is 1. The molecule has 0 N–H and O–H groups in total. The topological polar surface area (TPSA) is 94.3 Å². The molecule has 2 aromatic carbocycles. The second kappa shape index (κ2) is 10.5. The van der Waals surface area contributed by atoms with Crippen molar-refractivity contribution in [3.8, 4) is 28.8 Å². The molecule has 1 aromatic heterocycles. The first-order valence-corrected chi connectivity index (χ1v) is 10.8. The van der Waals surface area contributed by atoms with Crippen LogP contribution in [0.15, 0.2) is 59.8 Å². The molecule has 0 aliphatic carbocycles. The van der Waals surface area contributed by atoms with Gasteiger partial charge in [-0.25, -0.2) is 9.78 Å². The summed E-state index contributed by atoms with van der Waals surface area (Å²) in [6, 6.07) is 16.9. The number of methoxy groups -OCH3 is 2. The summed E-state index contributed by atoms with van der Waals surface area (Å²) in [6.07, 6.45) is 3.13. The molecular weight excluding hydrogens is 426 g/mol. The maximum absolute atomic E-state index is 12.4. The van der Waals surface area contributed by atoms with E-state index in [4.69, 9.17) is 14.2 Å². The van der Waals surface area contributed by atoms with Gasteiger partial charge in [0.05, 0.1) is 37.7 Å². The number of rotatable bonds is 7. The quantitative estimate of drug-likeness (QED) is 0.164. The number of ether oxygens (including phenoxy) is 3. The van der Waals surface area contributed by atoms with Crippen molar-refractivity contribution in [3.05, 3.63) is 71.7 Å². The average molecular weight is 448 g/mol. The standard InChI is InChI=1S/C24H21N3O4S/c1-15-26-22(21(23(27-15)32-4)20(14-29-2)24(28)30-3)31-19-10-6-9-18(12-19)17-8-5-7-16(11-17)13-25/h5-12,14H,1-4H3/b20-14+. The highest BCUT2D eigenvalue weighted by Crippen LogP contribution is 2.36. The van der Waals surface area contributed by atoms with Gasteiger partial charge in [0.2, 0.25) is 5.88 Å². The van der Waals surface area contributed by atoms with Crippen LogP contribution in [0.1, 0.15) is 17.0 Å². The summed E-state index contributed by atoms with van der Waals surface area (Å²) in [4.78, 5) is 21.3. The number of carbonyl (C=O) groups excluding carboxylic acids is 1. The van der Waals surface area contributed by atoms with Crippen LogP contribution in [-0.4, -0.2) is 36.4 Å². The number of carbonyl (C=O) groups is 1. The molecule has 32 heavy (non-hydrogen) atoms. The Morgan fingerprint density at radius 3 is 2.47 bits per heavy atom. The first kappa shape index (κ1) is 22.8. The third-order valence-corrected chi connectivity index (χ3v) is 5.11. The maximum atomic E-state index is 12.4. The summed E-state index contributed by atoms with van der Waals surface area (Å²) in [6.45, 7) is 1.75. The molecule has 0 fully saturated rings. The second-order valence-corrected chi connectivity index (χ2v) is 7.34. The van der Waals surface area contributed by atoms with Crippen LogP contribution in [0, 0.1) is 18.3 Å². The van der Waals surface area contributed by atoms with Gasteiger partial charge in [-0.2, -0.15) is 10.2 Å². The molecule has 0 spiro atoms. The number of hydrogen-bond acceptors (Lipinski definition) is 8. The molecule has 1 heterocycles. The minimum absolute atomic E-state index is 0.146. The first-order valence-electron chi connectivity index (χ1n) is 9.53. The average Bonchev–Trinajstić information content (AvgIpc) is 2.82. The molecule has 8 heteroatoms. The molecule has 0 unspecified atom stereocenters. The Balaban J connectivity index is 2.09. The van der Waals surface area contributed by atoms with Crippen LogP contribution in [0.4, 0.5) is 0 Å². The third-order valence-electron chi connectivity index (χ3n) is 4.43. The summed E-state index contributed by atoms with van der Waals surface area (Å²) in [5.41, 5.74) is 2.85. The minimum Gasteiger partial charge on any atom is -0.503 e. The van der Waals surface area contributed by atoms with Crippen molar-refractivity contribution in [2.24, 2.45) is 0 Å². The van der Waals surface area contributed by atoms with Gasteiger partial charge in [0.15, 0.2) is 0 Å². The Bertz CT molecular complexity index is 1220. The highest BCUT2D eigenvalue weighted by atomic mass is 32.2. The van der Waals surface area contributed by atoms with Gasteiger partial charge in [-0.1, -0.05) is 24.3 Å². The molecule has 162 valence electrons. The Hall–Kier alpha value is -3.83. The molecule has 0 saturated carbocycles. The van der Waals surface area contributed by atoms with Gasteiger partial charge in [-0.15, -0.1) is 11.8 Å². The Morgan fingerprint density at radius 1 is 1.09 bits per heavy atom. The molecule has 3 aromatic rings. The fraction of sp³-hybridized carbons (Fsp3) is 0.167. The molecule has 3 rings (SSSR count). The third kappa shape index (κ3) is 5.07. The van der Waals surface area contributed by atoms with Crippen molar-refractivity contribution >= 4 is 23.3 Å². The summed E-state index contributed by atoms with van der Waals surface area (Å²) in [7, 11) is 2.73. The van der Waals surface area contributed by atoms with Crippen LogP contribution in [-0.2, 0) is 14.3 Å². The van der Waals surface area contributed by atoms with E-state index in [0.717, 1.165) is 11.1 Å². The fourth-order valence-corrected chi connectivity index (χ4v) is 3.65. The summed E-state index contributed by atoms with van der Waals surface area (Å²) in [5, 5.41) is 9.74. The molecule has 0 saturated heterocycles. The molecule has 0 atom stereocenters. The van der Waals surface area contributed by atoms with Crippen molar-refractivity contribution in [2.45, 2.75) is 11.9 Å². The number of benzene rings is 2. The zero-order valence-corrected chi connectivity index (χ0v) is 18.9.